The van der Waals surface area contributed by atoms with Crippen molar-refractivity contribution in [3.05, 3.63) is 115 Å². The lowest BCUT2D eigenvalue weighted by Gasteiger charge is -2.32. The predicted molar refractivity (Wildman–Crippen MR) is 169 cm³/mol. The zero-order valence-corrected chi connectivity index (χ0v) is 23.8. The number of benzene rings is 5. The van der Waals surface area contributed by atoms with E-state index in [0.29, 0.717) is 5.82 Å². The van der Waals surface area contributed by atoms with Crippen LogP contribution in [0.1, 0.15) is 27.7 Å². The van der Waals surface area contributed by atoms with Crippen LogP contribution in [-0.2, 0) is 9.31 Å². The Labute approximate surface area is 241 Å². The van der Waals surface area contributed by atoms with Gasteiger partial charge in [-0.1, -0.05) is 109 Å². The molecule has 0 spiro atoms. The van der Waals surface area contributed by atoms with E-state index in [1.54, 1.807) is 0 Å². The third-order valence-corrected chi connectivity index (χ3v) is 8.55. The number of hydrogen-bond acceptors (Lipinski definition) is 4. The molecule has 0 saturated carbocycles. The third-order valence-electron chi connectivity index (χ3n) is 8.55. The fourth-order valence-corrected chi connectivity index (χ4v) is 5.52. The molecule has 4 nitrogen and oxygen atoms in total. The molecule has 2 heterocycles. The van der Waals surface area contributed by atoms with Gasteiger partial charge in [0.05, 0.1) is 22.6 Å². The lowest BCUT2D eigenvalue weighted by atomic mass is 9.79. The van der Waals surface area contributed by atoms with Crippen molar-refractivity contribution in [3.8, 4) is 33.9 Å². The first-order valence-electron chi connectivity index (χ1n) is 14.1. The summed E-state index contributed by atoms with van der Waals surface area (Å²) in [5.41, 5.74) is 5.10. The molecule has 200 valence electrons. The fraction of sp³-hybridized carbons (Fsp3) is 0.167. The molecule has 0 amide bonds. The zero-order valence-electron chi connectivity index (χ0n) is 23.8. The van der Waals surface area contributed by atoms with Gasteiger partial charge in [-0.2, -0.15) is 0 Å². The standard InChI is InChI=1S/C36H31BN2O2/c1-35(2)36(3,4)41-37(40-35)27-21-19-26(20-22-27)34-38-32(30-17-9-13-24-11-5-7-15-28(24)30)23-33(39-34)31-18-10-14-25-12-6-8-16-29(25)31/h5-23H,1-4H3. The Balaban J connectivity index is 1.37. The molecule has 1 aliphatic heterocycles. The first kappa shape index (κ1) is 25.6. The first-order chi connectivity index (χ1) is 19.8. The summed E-state index contributed by atoms with van der Waals surface area (Å²) < 4.78 is 12.6. The largest absolute Gasteiger partial charge is 0.494 e. The summed E-state index contributed by atoms with van der Waals surface area (Å²) in [5.74, 6) is 0.679. The van der Waals surface area contributed by atoms with E-state index in [9.17, 15) is 0 Å². The Kier molecular flexibility index (Phi) is 6.04. The summed E-state index contributed by atoms with van der Waals surface area (Å²) in [7, 11) is -0.414. The van der Waals surface area contributed by atoms with Crippen LogP contribution in [0.15, 0.2) is 115 Å². The summed E-state index contributed by atoms with van der Waals surface area (Å²) >= 11 is 0. The zero-order chi connectivity index (χ0) is 28.2. The molecule has 1 fully saturated rings. The molecule has 0 aliphatic carbocycles. The highest BCUT2D eigenvalue weighted by atomic mass is 16.7. The maximum atomic E-state index is 6.28. The van der Waals surface area contributed by atoms with Crippen LogP contribution >= 0.6 is 0 Å². The summed E-state index contributed by atoms with van der Waals surface area (Å²) in [4.78, 5) is 10.3. The molecule has 41 heavy (non-hydrogen) atoms. The molecule has 0 atom stereocenters. The number of aromatic nitrogens is 2. The van der Waals surface area contributed by atoms with Gasteiger partial charge in [0.1, 0.15) is 0 Å². The van der Waals surface area contributed by atoms with E-state index in [2.05, 4.69) is 143 Å². The number of fused-ring (bicyclic) bond motifs is 2. The maximum absolute atomic E-state index is 6.28. The minimum atomic E-state index is -0.414. The molecule has 0 N–H and O–H groups in total. The smallest absolute Gasteiger partial charge is 0.399 e. The van der Waals surface area contributed by atoms with Gasteiger partial charge in [0, 0.05) is 16.7 Å². The van der Waals surface area contributed by atoms with Gasteiger partial charge in [-0.25, -0.2) is 9.97 Å². The molecule has 0 bridgehead atoms. The van der Waals surface area contributed by atoms with Crippen LogP contribution in [0.3, 0.4) is 0 Å². The van der Waals surface area contributed by atoms with Crippen molar-refractivity contribution in [1.29, 1.82) is 0 Å². The van der Waals surface area contributed by atoms with Crippen LogP contribution in [-0.4, -0.2) is 28.3 Å². The second kappa shape index (κ2) is 9.65. The quantitative estimate of drug-likeness (QED) is 0.215. The molecule has 1 aromatic heterocycles. The fourth-order valence-electron chi connectivity index (χ4n) is 5.52. The number of nitrogens with zero attached hydrogens (tertiary/aromatic N) is 2. The van der Waals surface area contributed by atoms with Gasteiger partial charge in [-0.15, -0.1) is 0 Å². The van der Waals surface area contributed by atoms with Crippen LogP contribution in [0.4, 0.5) is 0 Å². The topological polar surface area (TPSA) is 44.2 Å². The number of hydrogen-bond donors (Lipinski definition) is 0. The van der Waals surface area contributed by atoms with Crippen molar-refractivity contribution < 1.29 is 9.31 Å². The van der Waals surface area contributed by atoms with Crippen LogP contribution in [0.2, 0.25) is 0 Å². The maximum Gasteiger partial charge on any atom is 0.494 e. The summed E-state index contributed by atoms with van der Waals surface area (Å²) in [6.45, 7) is 8.29. The molecule has 5 aromatic carbocycles. The summed E-state index contributed by atoms with van der Waals surface area (Å²) in [6, 6.07) is 40.0. The Morgan fingerprint density at radius 3 is 1.51 bits per heavy atom. The van der Waals surface area contributed by atoms with E-state index in [-0.39, 0.29) is 11.2 Å². The monoisotopic (exact) mass is 534 g/mol. The van der Waals surface area contributed by atoms with Crippen LogP contribution < -0.4 is 5.46 Å². The van der Waals surface area contributed by atoms with Crippen molar-refractivity contribution >= 4 is 34.1 Å². The summed E-state index contributed by atoms with van der Waals surface area (Å²) in [5, 5.41) is 4.70. The molecular weight excluding hydrogens is 503 g/mol. The highest BCUT2D eigenvalue weighted by Crippen LogP contribution is 2.37. The second-order valence-corrected chi connectivity index (χ2v) is 11.7. The van der Waals surface area contributed by atoms with Crippen molar-refractivity contribution in [2.45, 2.75) is 38.9 Å². The molecule has 6 aromatic rings. The molecule has 1 aliphatic rings. The van der Waals surface area contributed by atoms with Crippen molar-refractivity contribution in [2.75, 3.05) is 0 Å². The molecule has 0 radical (unpaired) electrons. The van der Waals surface area contributed by atoms with E-state index in [1.807, 2.05) is 0 Å². The average molecular weight is 534 g/mol. The van der Waals surface area contributed by atoms with Gasteiger partial charge in [0.15, 0.2) is 5.82 Å². The first-order valence-corrected chi connectivity index (χ1v) is 14.1. The van der Waals surface area contributed by atoms with Gasteiger partial charge < -0.3 is 9.31 Å². The van der Waals surface area contributed by atoms with E-state index in [4.69, 9.17) is 19.3 Å². The van der Waals surface area contributed by atoms with E-state index < -0.39 is 7.12 Å². The van der Waals surface area contributed by atoms with Crippen molar-refractivity contribution in [1.82, 2.24) is 9.97 Å². The molecular formula is C36H31BN2O2. The minimum Gasteiger partial charge on any atom is -0.399 e. The van der Waals surface area contributed by atoms with Gasteiger partial charge in [0.25, 0.3) is 0 Å². The summed E-state index contributed by atoms with van der Waals surface area (Å²) in [6.07, 6.45) is 0. The Hall–Kier alpha value is -4.32. The Morgan fingerprint density at radius 1 is 0.537 bits per heavy atom. The molecule has 5 heteroatoms. The highest BCUT2D eigenvalue weighted by molar-refractivity contribution is 6.62. The number of rotatable bonds is 4. The minimum absolute atomic E-state index is 0.389. The van der Waals surface area contributed by atoms with E-state index in [0.717, 1.165) is 33.5 Å². The molecule has 0 unspecified atom stereocenters. The second-order valence-electron chi connectivity index (χ2n) is 11.7. The van der Waals surface area contributed by atoms with E-state index in [1.165, 1.54) is 21.5 Å². The lowest BCUT2D eigenvalue weighted by Crippen LogP contribution is -2.41. The SMILES string of the molecule is CC1(C)OB(c2ccc(-c3nc(-c4cccc5ccccc45)cc(-c4cccc5ccccc45)n3)cc2)OC1(C)C. The van der Waals surface area contributed by atoms with Crippen LogP contribution in [0.25, 0.3) is 55.4 Å². The molecule has 7 rings (SSSR count). The molecule has 1 saturated heterocycles. The third kappa shape index (κ3) is 4.52. The van der Waals surface area contributed by atoms with Gasteiger partial charge >= 0.3 is 7.12 Å². The van der Waals surface area contributed by atoms with E-state index >= 15 is 0 Å². The Morgan fingerprint density at radius 2 is 1.00 bits per heavy atom. The highest BCUT2D eigenvalue weighted by Gasteiger charge is 2.51. The lowest BCUT2D eigenvalue weighted by molar-refractivity contribution is 0.00578. The van der Waals surface area contributed by atoms with Crippen molar-refractivity contribution in [3.63, 3.8) is 0 Å². The van der Waals surface area contributed by atoms with Crippen molar-refractivity contribution in [2.24, 2.45) is 0 Å². The average Bonchev–Trinajstić information content (AvgIpc) is 3.22. The predicted octanol–water partition coefficient (Wildman–Crippen LogP) is 8.08. The normalized spacial score (nSPS) is 16.0. The van der Waals surface area contributed by atoms with Gasteiger partial charge in [0.2, 0.25) is 0 Å². The Bertz CT molecular complexity index is 1790. The van der Waals surface area contributed by atoms with Gasteiger partial charge in [-0.05, 0) is 60.8 Å². The van der Waals surface area contributed by atoms with Gasteiger partial charge in [-0.3, -0.25) is 0 Å². The van der Waals surface area contributed by atoms with Crippen LogP contribution in [0.5, 0.6) is 0 Å². The van der Waals surface area contributed by atoms with Crippen LogP contribution in [0, 0.1) is 0 Å².